The van der Waals surface area contributed by atoms with Crippen molar-refractivity contribution in [1.82, 2.24) is 10.2 Å². The normalized spacial score (nSPS) is 23.0. The van der Waals surface area contributed by atoms with E-state index in [0.717, 1.165) is 31.2 Å². The van der Waals surface area contributed by atoms with E-state index in [2.05, 4.69) is 23.6 Å². The molecule has 0 aromatic heterocycles. The Labute approximate surface area is 158 Å². The van der Waals surface area contributed by atoms with Crippen molar-refractivity contribution < 1.29 is 14.4 Å². The second-order valence-corrected chi connectivity index (χ2v) is 7.18. The van der Waals surface area contributed by atoms with E-state index >= 15 is 0 Å². The summed E-state index contributed by atoms with van der Waals surface area (Å²) in [6.07, 6.45) is 4.19. The molecule has 7 nitrogen and oxygen atoms in total. The Kier molecular flexibility index (Phi) is 5.45. The highest BCUT2D eigenvalue weighted by Crippen LogP contribution is 2.46. The number of nitrogens with one attached hydrogen (secondary N) is 2. The third-order valence-electron chi connectivity index (χ3n) is 5.40. The second-order valence-electron chi connectivity index (χ2n) is 7.18. The van der Waals surface area contributed by atoms with E-state index in [4.69, 9.17) is 0 Å². The maximum absolute atomic E-state index is 12.7. The molecule has 142 valence electrons. The Morgan fingerprint density at radius 1 is 1.33 bits per heavy atom. The van der Waals surface area contributed by atoms with E-state index in [0.29, 0.717) is 12.2 Å². The van der Waals surface area contributed by atoms with Gasteiger partial charge in [0.15, 0.2) is 0 Å². The molecule has 3 amide bonds. The largest absolute Gasteiger partial charge is 0.348 e. The summed E-state index contributed by atoms with van der Waals surface area (Å²) in [7, 11) is 0. The molecule has 3 rings (SSSR count). The van der Waals surface area contributed by atoms with Gasteiger partial charge in [-0.25, -0.2) is 0 Å². The minimum Gasteiger partial charge on any atom is -0.348 e. The molecule has 0 saturated carbocycles. The molecule has 1 saturated heterocycles. The van der Waals surface area contributed by atoms with Gasteiger partial charge in [0.1, 0.15) is 6.04 Å². The van der Waals surface area contributed by atoms with Crippen molar-refractivity contribution in [1.29, 1.82) is 5.26 Å². The van der Waals surface area contributed by atoms with Crippen LogP contribution in [0, 0.1) is 11.3 Å². The maximum atomic E-state index is 12.7. The molecule has 27 heavy (non-hydrogen) atoms. The van der Waals surface area contributed by atoms with E-state index in [9.17, 15) is 19.6 Å². The number of benzene rings is 1. The van der Waals surface area contributed by atoms with E-state index in [1.165, 1.54) is 4.90 Å². The highest BCUT2D eigenvalue weighted by molar-refractivity contribution is 6.35. The lowest BCUT2D eigenvalue weighted by Crippen LogP contribution is -2.46. The van der Waals surface area contributed by atoms with Gasteiger partial charge in [-0.3, -0.25) is 14.4 Å². The minimum absolute atomic E-state index is 0.0379. The smallest absolute Gasteiger partial charge is 0.312 e. The van der Waals surface area contributed by atoms with Crippen LogP contribution in [0.5, 0.6) is 0 Å². The number of carbonyl (C=O) groups is 3. The standard InChI is InChI=1S/C20H24N4O3/c1-2-3-4-7-10-22-17(25)18(26)24-13-20(11-14(24)12-21)15-8-5-6-9-16(15)23-19(20)27/h5-6,8-9,14H,2-4,7,10-11,13H2,1H3,(H,22,25)(H,23,27)/t14?,20-/m0/s1. The number of hydrogen-bond donors (Lipinski definition) is 2. The lowest BCUT2D eigenvalue weighted by Gasteiger charge is -2.22. The van der Waals surface area contributed by atoms with Crippen LogP contribution in [0.3, 0.4) is 0 Å². The fraction of sp³-hybridized carbons (Fsp3) is 0.500. The van der Waals surface area contributed by atoms with Crippen LogP contribution in [0.1, 0.15) is 44.6 Å². The van der Waals surface area contributed by atoms with Crippen LogP contribution in [0.2, 0.25) is 0 Å². The van der Waals surface area contributed by atoms with Gasteiger partial charge in [-0.15, -0.1) is 0 Å². The first-order chi connectivity index (χ1) is 13.0. The number of fused-ring (bicyclic) bond motifs is 2. The lowest BCUT2D eigenvalue weighted by atomic mass is 9.80. The van der Waals surface area contributed by atoms with E-state index < -0.39 is 23.3 Å². The highest BCUT2D eigenvalue weighted by Gasteiger charge is 2.56. The number of nitrogens with zero attached hydrogens (tertiary/aromatic N) is 2. The molecule has 1 aromatic carbocycles. The number of unbranched alkanes of at least 4 members (excludes halogenated alkanes) is 3. The van der Waals surface area contributed by atoms with Gasteiger partial charge in [0, 0.05) is 25.2 Å². The average molecular weight is 368 g/mol. The Balaban J connectivity index is 1.72. The van der Waals surface area contributed by atoms with Crippen LogP contribution >= 0.6 is 0 Å². The molecule has 2 aliphatic heterocycles. The van der Waals surface area contributed by atoms with Gasteiger partial charge >= 0.3 is 11.8 Å². The van der Waals surface area contributed by atoms with E-state index in [-0.39, 0.29) is 18.9 Å². The van der Waals surface area contributed by atoms with Crippen LogP contribution < -0.4 is 10.6 Å². The first-order valence-electron chi connectivity index (χ1n) is 9.43. The summed E-state index contributed by atoms with van der Waals surface area (Å²) in [5.41, 5.74) is 0.521. The van der Waals surface area contributed by atoms with Crippen molar-refractivity contribution in [2.45, 2.75) is 50.5 Å². The van der Waals surface area contributed by atoms with Crippen LogP contribution in [0.4, 0.5) is 5.69 Å². The number of hydrogen-bond acceptors (Lipinski definition) is 4. The molecular weight excluding hydrogens is 344 g/mol. The molecule has 1 aromatic rings. The van der Waals surface area contributed by atoms with Gasteiger partial charge in [0.2, 0.25) is 5.91 Å². The van der Waals surface area contributed by atoms with Crippen molar-refractivity contribution in [3.05, 3.63) is 29.8 Å². The predicted octanol–water partition coefficient (Wildman–Crippen LogP) is 1.70. The SMILES string of the molecule is CCCCCCNC(=O)C(=O)N1C[C@]2(CC1C#N)C(=O)Nc1ccccc12. The number of nitriles is 1. The summed E-state index contributed by atoms with van der Waals surface area (Å²) in [6.45, 7) is 2.57. The highest BCUT2D eigenvalue weighted by atomic mass is 16.2. The summed E-state index contributed by atoms with van der Waals surface area (Å²) in [4.78, 5) is 38.8. The topological polar surface area (TPSA) is 102 Å². The van der Waals surface area contributed by atoms with Gasteiger partial charge in [-0.2, -0.15) is 5.26 Å². The zero-order valence-electron chi connectivity index (χ0n) is 15.5. The molecule has 0 radical (unpaired) electrons. The molecule has 7 heteroatoms. The molecule has 0 bridgehead atoms. The first kappa shape index (κ1) is 18.9. The quantitative estimate of drug-likeness (QED) is 0.610. The molecule has 1 unspecified atom stereocenters. The van der Waals surface area contributed by atoms with Gasteiger partial charge in [-0.05, 0) is 18.1 Å². The van der Waals surface area contributed by atoms with Crippen molar-refractivity contribution in [3.8, 4) is 6.07 Å². The third kappa shape index (κ3) is 3.39. The molecule has 2 heterocycles. The molecule has 1 spiro atoms. The van der Waals surface area contributed by atoms with Crippen molar-refractivity contribution in [2.75, 3.05) is 18.4 Å². The summed E-state index contributed by atoms with van der Waals surface area (Å²) in [5, 5.41) is 15.0. The number of rotatable bonds is 5. The fourth-order valence-corrected chi connectivity index (χ4v) is 3.93. The van der Waals surface area contributed by atoms with Crippen LogP contribution in [-0.4, -0.2) is 41.8 Å². The zero-order chi connectivity index (χ0) is 19.4. The second kappa shape index (κ2) is 7.78. The van der Waals surface area contributed by atoms with Crippen LogP contribution in [0.15, 0.2) is 24.3 Å². The summed E-state index contributed by atoms with van der Waals surface area (Å²) in [6, 6.07) is 8.57. The third-order valence-corrected chi connectivity index (χ3v) is 5.40. The van der Waals surface area contributed by atoms with Crippen LogP contribution in [0.25, 0.3) is 0 Å². The van der Waals surface area contributed by atoms with Crippen molar-refractivity contribution >= 4 is 23.4 Å². The maximum Gasteiger partial charge on any atom is 0.312 e. The Bertz CT molecular complexity index is 801. The van der Waals surface area contributed by atoms with Crippen LogP contribution in [-0.2, 0) is 19.8 Å². The van der Waals surface area contributed by atoms with Crippen molar-refractivity contribution in [2.24, 2.45) is 0 Å². The van der Waals surface area contributed by atoms with Gasteiger partial charge in [0.25, 0.3) is 0 Å². The molecule has 1 fully saturated rings. The average Bonchev–Trinajstić information content (AvgIpc) is 3.20. The van der Waals surface area contributed by atoms with Gasteiger partial charge < -0.3 is 15.5 Å². The molecule has 2 aliphatic rings. The predicted molar refractivity (Wildman–Crippen MR) is 99.6 cm³/mol. The van der Waals surface area contributed by atoms with E-state index in [1.54, 1.807) is 6.07 Å². The van der Waals surface area contributed by atoms with Gasteiger partial charge in [-0.1, -0.05) is 44.4 Å². The molecule has 2 atom stereocenters. The Hall–Kier alpha value is -2.88. The molecular formula is C20H24N4O3. The van der Waals surface area contributed by atoms with E-state index in [1.807, 2.05) is 18.2 Å². The summed E-state index contributed by atoms with van der Waals surface area (Å²) < 4.78 is 0. The number of anilines is 1. The lowest BCUT2D eigenvalue weighted by molar-refractivity contribution is -0.146. The Morgan fingerprint density at radius 2 is 2.11 bits per heavy atom. The van der Waals surface area contributed by atoms with Crippen molar-refractivity contribution in [3.63, 3.8) is 0 Å². The Morgan fingerprint density at radius 3 is 2.85 bits per heavy atom. The first-order valence-corrected chi connectivity index (χ1v) is 9.43. The number of amides is 3. The van der Waals surface area contributed by atoms with Gasteiger partial charge in [0.05, 0.1) is 11.5 Å². The number of likely N-dealkylation sites (tertiary alicyclic amines) is 1. The fourth-order valence-electron chi connectivity index (χ4n) is 3.93. The summed E-state index contributed by atoms with van der Waals surface area (Å²) in [5.74, 6) is -1.68. The molecule has 2 N–H and O–H groups in total. The summed E-state index contributed by atoms with van der Waals surface area (Å²) >= 11 is 0. The monoisotopic (exact) mass is 368 g/mol. The zero-order valence-corrected chi connectivity index (χ0v) is 15.5. The minimum atomic E-state index is -0.964. The number of para-hydroxylation sites is 1. The molecule has 0 aliphatic carbocycles. The number of carbonyl (C=O) groups excluding carboxylic acids is 3.